The number of hydrogen-bond donors (Lipinski definition) is 2. The molecule has 1 unspecified atom stereocenters. The summed E-state index contributed by atoms with van der Waals surface area (Å²) in [4.78, 5) is 18.0. The van der Waals surface area contributed by atoms with E-state index in [0.717, 1.165) is 22.3 Å². The number of nitrogens with one attached hydrogen (secondary N) is 2. The van der Waals surface area contributed by atoms with Crippen LogP contribution in [-0.4, -0.2) is 31.5 Å². The van der Waals surface area contributed by atoms with Gasteiger partial charge in [0.05, 0.1) is 0 Å². The topological polar surface area (TPSA) is 48.1 Å². The van der Waals surface area contributed by atoms with Crippen LogP contribution in [0.4, 0.5) is 5.69 Å². The molecule has 3 aromatic carbocycles. The van der Waals surface area contributed by atoms with Crippen LogP contribution in [0.5, 0.6) is 0 Å². The van der Waals surface area contributed by atoms with E-state index in [1.54, 1.807) is 12.2 Å². The first-order chi connectivity index (χ1) is 15.5. The third kappa shape index (κ3) is 5.04. The third-order valence-corrected chi connectivity index (χ3v) is 5.84. The summed E-state index contributed by atoms with van der Waals surface area (Å²) >= 11 is 5.93. The normalized spacial score (nSPS) is 12.2. The van der Waals surface area contributed by atoms with E-state index in [0.29, 0.717) is 11.6 Å². The number of benzene rings is 3. The lowest BCUT2D eigenvalue weighted by Gasteiger charge is -2.19. The number of carbonyl (C=O) groups is 1. The molecular weight excluding hydrogens is 418 g/mol. The monoisotopic (exact) mass is 443 g/mol. The first-order valence-corrected chi connectivity index (χ1v) is 10.9. The van der Waals surface area contributed by atoms with Gasteiger partial charge in [0.1, 0.15) is 0 Å². The van der Waals surface area contributed by atoms with E-state index in [4.69, 9.17) is 11.6 Å². The molecule has 5 heteroatoms. The van der Waals surface area contributed by atoms with E-state index >= 15 is 0 Å². The van der Waals surface area contributed by atoms with Gasteiger partial charge in [0, 0.05) is 60.4 Å². The van der Waals surface area contributed by atoms with Crippen LogP contribution >= 0.6 is 11.6 Å². The number of carbonyl (C=O) groups excluding carboxylic acids is 1. The van der Waals surface area contributed by atoms with Gasteiger partial charge in [-0.2, -0.15) is 0 Å². The maximum atomic E-state index is 12.6. The summed E-state index contributed by atoms with van der Waals surface area (Å²) in [5, 5.41) is 4.92. The Kier molecular flexibility index (Phi) is 6.62. The van der Waals surface area contributed by atoms with Gasteiger partial charge in [-0.05, 0) is 53.1 Å². The molecule has 0 saturated heterocycles. The molecular formula is C27H26ClN3O. The van der Waals surface area contributed by atoms with Crippen molar-refractivity contribution in [1.29, 1.82) is 0 Å². The third-order valence-electron chi connectivity index (χ3n) is 5.59. The number of amides is 1. The minimum absolute atomic E-state index is 0.0234. The van der Waals surface area contributed by atoms with Gasteiger partial charge in [0.2, 0.25) is 5.91 Å². The Bertz CT molecular complexity index is 1220. The van der Waals surface area contributed by atoms with Gasteiger partial charge in [-0.15, -0.1) is 0 Å². The zero-order valence-corrected chi connectivity index (χ0v) is 18.9. The molecule has 0 radical (unpaired) electrons. The fraction of sp³-hybridized carbons (Fsp3) is 0.148. The summed E-state index contributed by atoms with van der Waals surface area (Å²) in [6, 6.07) is 24.1. The second kappa shape index (κ2) is 9.75. The molecule has 4 rings (SSSR count). The van der Waals surface area contributed by atoms with Crippen molar-refractivity contribution in [3.05, 3.63) is 107 Å². The van der Waals surface area contributed by atoms with Crippen LogP contribution in [0.3, 0.4) is 0 Å². The van der Waals surface area contributed by atoms with E-state index in [9.17, 15) is 4.79 Å². The SMILES string of the molecule is CN(C)c1ccc(C(CNC(=O)C=Cc2ccc(Cl)cc2)c2c[nH]c3ccccc23)cc1. The largest absolute Gasteiger partial charge is 0.378 e. The lowest BCUT2D eigenvalue weighted by Crippen LogP contribution is -2.27. The molecule has 0 spiro atoms. The van der Waals surface area contributed by atoms with Gasteiger partial charge in [-0.25, -0.2) is 0 Å². The molecule has 0 aliphatic carbocycles. The molecule has 0 fully saturated rings. The summed E-state index contributed by atoms with van der Waals surface area (Å²) in [5.74, 6) is -0.107. The molecule has 32 heavy (non-hydrogen) atoms. The van der Waals surface area contributed by atoms with Gasteiger partial charge in [-0.3, -0.25) is 4.79 Å². The maximum absolute atomic E-state index is 12.6. The van der Waals surface area contributed by atoms with Crippen molar-refractivity contribution >= 4 is 40.2 Å². The Morgan fingerprint density at radius 2 is 1.75 bits per heavy atom. The van der Waals surface area contributed by atoms with Crippen LogP contribution in [0.2, 0.25) is 5.02 Å². The molecule has 0 aliphatic heterocycles. The first-order valence-electron chi connectivity index (χ1n) is 10.6. The number of aromatic amines is 1. The number of aromatic nitrogens is 1. The molecule has 162 valence electrons. The average molecular weight is 444 g/mol. The highest BCUT2D eigenvalue weighted by Crippen LogP contribution is 2.31. The Morgan fingerprint density at radius 1 is 1.03 bits per heavy atom. The molecule has 0 bridgehead atoms. The molecule has 0 saturated carbocycles. The van der Waals surface area contributed by atoms with Crippen LogP contribution in [0.25, 0.3) is 17.0 Å². The van der Waals surface area contributed by atoms with Gasteiger partial charge in [0.25, 0.3) is 0 Å². The zero-order chi connectivity index (χ0) is 22.5. The van der Waals surface area contributed by atoms with Crippen LogP contribution in [0.15, 0.2) is 85.1 Å². The van der Waals surface area contributed by atoms with Gasteiger partial charge >= 0.3 is 0 Å². The summed E-state index contributed by atoms with van der Waals surface area (Å²) < 4.78 is 0. The Hall–Kier alpha value is -3.50. The summed E-state index contributed by atoms with van der Waals surface area (Å²) in [6.45, 7) is 0.493. The molecule has 4 nitrogen and oxygen atoms in total. The number of rotatable bonds is 7. The molecule has 1 atom stereocenters. The molecule has 0 aliphatic rings. The van der Waals surface area contributed by atoms with Gasteiger partial charge < -0.3 is 15.2 Å². The van der Waals surface area contributed by atoms with Gasteiger partial charge in [-0.1, -0.05) is 54.1 Å². The van der Waals surface area contributed by atoms with Crippen molar-refractivity contribution < 1.29 is 4.79 Å². The Balaban J connectivity index is 1.56. The highest BCUT2D eigenvalue weighted by molar-refractivity contribution is 6.30. The Labute approximate surface area is 193 Å². The zero-order valence-electron chi connectivity index (χ0n) is 18.2. The summed E-state index contributed by atoms with van der Waals surface area (Å²) in [6.07, 6.45) is 5.40. The predicted molar refractivity (Wildman–Crippen MR) is 134 cm³/mol. The number of para-hydroxylation sites is 1. The summed E-state index contributed by atoms with van der Waals surface area (Å²) in [7, 11) is 4.05. The smallest absolute Gasteiger partial charge is 0.244 e. The van der Waals surface area contributed by atoms with Crippen molar-refractivity contribution in [2.45, 2.75) is 5.92 Å². The number of hydrogen-bond acceptors (Lipinski definition) is 2. The fourth-order valence-electron chi connectivity index (χ4n) is 3.80. The fourth-order valence-corrected chi connectivity index (χ4v) is 3.93. The molecule has 1 aromatic heterocycles. The van der Waals surface area contributed by atoms with Crippen molar-refractivity contribution in [1.82, 2.24) is 10.3 Å². The first kappa shape index (κ1) is 21.7. The number of fused-ring (bicyclic) bond motifs is 1. The molecule has 1 heterocycles. The van der Waals surface area contributed by atoms with E-state index < -0.39 is 0 Å². The van der Waals surface area contributed by atoms with Crippen molar-refractivity contribution in [3.8, 4) is 0 Å². The van der Waals surface area contributed by atoms with Crippen molar-refractivity contribution in [2.24, 2.45) is 0 Å². The van der Waals surface area contributed by atoms with E-state index in [1.165, 1.54) is 10.9 Å². The minimum Gasteiger partial charge on any atom is -0.378 e. The standard InChI is InChI=1S/C27H26ClN3O/c1-31(2)22-14-10-20(11-15-22)24(25-18-29-26-6-4-3-5-23(25)26)17-30-27(32)16-9-19-7-12-21(28)13-8-19/h3-16,18,24,29H,17H2,1-2H3,(H,30,32). The number of halogens is 1. The highest BCUT2D eigenvalue weighted by atomic mass is 35.5. The average Bonchev–Trinajstić information content (AvgIpc) is 3.23. The number of anilines is 1. The second-order valence-corrected chi connectivity index (χ2v) is 8.39. The van der Waals surface area contributed by atoms with Crippen LogP contribution in [0, 0.1) is 0 Å². The van der Waals surface area contributed by atoms with E-state index in [2.05, 4.69) is 51.6 Å². The Morgan fingerprint density at radius 3 is 2.47 bits per heavy atom. The van der Waals surface area contributed by atoms with E-state index in [1.807, 2.05) is 56.7 Å². The maximum Gasteiger partial charge on any atom is 0.244 e. The van der Waals surface area contributed by atoms with Crippen molar-refractivity contribution in [3.63, 3.8) is 0 Å². The van der Waals surface area contributed by atoms with Crippen molar-refractivity contribution in [2.75, 3.05) is 25.5 Å². The van der Waals surface area contributed by atoms with E-state index in [-0.39, 0.29) is 11.8 Å². The summed E-state index contributed by atoms with van der Waals surface area (Å²) in [5.41, 5.74) is 5.48. The lowest BCUT2D eigenvalue weighted by atomic mass is 9.90. The van der Waals surface area contributed by atoms with Crippen LogP contribution in [-0.2, 0) is 4.79 Å². The van der Waals surface area contributed by atoms with Gasteiger partial charge in [0.15, 0.2) is 0 Å². The predicted octanol–water partition coefficient (Wildman–Crippen LogP) is 5.85. The lowest BCUT2D eigenvalue weighted by molar-refractivity contribution is -0.116. The molecule has 4 aromatic rings. The number of H-pyrrole nitrogens is 1. The molecule has 2 N–H and O–H groups in total. The van der Waals surface area contributed by atoms with Crippen LogP contribution < -0.4 is 10.2 Å². The molecule has 1 amide bonds. The second-order valence-electron chi connectivity index (χ2n) is 7.96. The number of nitrogens with zero attached hydrogens (tertiary/aromatic N) is 1. The minimum atomic E-state index is -0.130. The van der Waals surface area contributed by atoms with Crippen LogP contribution in [0.1, 0.15) is 22.6 Å². The highest BCUT2D eigenvalue weighted by Gasteiger charge is 2.19. The quantitative estimate of drug-likeness (QED) is 0.352.